The van der Waals surface area contributed by atoms with Gasteiger partial charge >= 0.3 is 6.18 Å². The molecule has 0 spiro atoms. The summed E-state index contributed by atoms with van der Waals surface area (Å²) in [7, 11) is -4.25. The summed E-state index contributed by atoms with van der Waals surface area (Å²) in [4.78, 5) is 3.56. The van der Waals surface area contributed by atoms with Crippen LogP contribution in [0.3, 0.4) is 0 Å². The lowest BCUT2D eigenvalue weighted by molar-refractivity contribution is -0.137. The van der Waals surface area contributed by atoms with E-state index in [0.29, 0.717) is 31.5 Å². The zero-order valence-corrected chi connectivity index (χ0v) is 16.1. The second-order valence-electron chi connectivity index (χ2n) is 6.33. The Balaban J connectivity index is 1.74. The number of hydrogen-bond donors (Lipinski definition) is 1. The van der Waals surface area contributed by atoms with Crippen LogP contribution in [0.15, 0.2) is 53.9 Å². The van der Waals surface area contributed by atoms with Crippen molar-refractivity contribution in [3.05, 3.63) is 54.6 Å². The van der Waals surface area contributed by atoms with E-state index in [1.807, 2.05) is 0 Å². The molecule has 0 radical (unpaired) electrons. The van der Waals surface area contributed by atoms with Crippen molar-refractivity contribution in [2.24, 2.45) is 0 Å². The lowest BCUT2D eigenvalue weighted by Crippen LogP contribution is -2.16. The largest absolute Gasteiger partial charge is 0.490 e. The van der Waals surface area contributed by atoms with Gasteiger partial charge in [-0.3, -0.25) is 4.72 Å². The molecule has 12 heteroatoms. The maximum atomic E-state index is 13.2. The molecule has 1 aliphatic rings. The van der Waals surface area contributed by atoms with Crippen LogP contribution in [0.5, 0.6) is 11.5 Å². The van der Waals surface area contributed by atoms with Gasteiger partial charge in [0.05, 0.1) is 35.0 Å². The Bertz CT molecular complexity index is 1160. The molecule has 0 unspecified atom stereocenters. The standard InChI is InChI=1S/C18H15F3N4O4S/c19-18(20,21)12-2-4-15(25-11-22-10-23-25)14(8-12)24-30(26,27)13-3-5-16-17(9-13)29-7-1-6-28-16/h2-5,8-11,24H,1,6-7H2. The van der Waals surface area contributed by atoms with E-state index in [1.165, 1.54) is 30.9 Å². The van der Waals surface area contributed by atoms with Crippen LogP contribution in [-0.2, 0) is 16.2 Å². The molecule has 0 fully saturated rings. The summed E-state index contributed by atoms with van der Waals surface area (Å²) in [5.74, 6) is 0.643. The average Bonchev–Trinajstić information content (AvgIpc) is 3.11. The Morgan fingerprint density at radius 2 is 1.80 bits per heavy atom. The quantitative estimate of drug-likeness (QED) is 0.669. The van der Waals surface area contributed by atoms with Gasteiger partial charge in [0.2, 0.25) is 0 Å². The summed E-state index contributed by atoms with van der Waals surface area (Å²) < 4.78 is 79.7. The van der Waals surface area contributed by atoms with Crippen LogP contribution in [0.25, 0.3) is 5.69 Å². The van der Waals surface area contributed by atoms with E-state index >= 15 is 0 Å². The van der Waals surface area contributed by atoms with E-state index in [4.69, 9.17) is 9.47 Å². The van der Waals surface area contributed by atoms with Gasteiger partial charge in [0.1, 0.15) is 12.7 Å². The van der Waals surface area contributed by atoms with Crippen LogP contribution < -0.4 is 14.2 Å². The van der Waals surface area contributed by atoms with Gasteiger partial charge < -0.3 is 9.47 Å². The number of rotatable bonds is 4. The van der Waals surface area contributed by atoms with Crippen LogP contribution in [-0.4, -0.2) is 36.4 Å². The molecule has 0 amide bonds. The van der Waals surface area contributed by atoms with Gasteiger partial charge in [-0.25, -0.2) is 18.1 Å². The monoisotopic (exact) mass is 440 g/mol. The number of alkyl halides is 3. The number of nitrogens with zero attached hydrogens (tertiary/aromatic N) is 3. The van der Waals surface area contributed by atoms with Crippen LogP contribution in [0.4, 0.5) is 18.9 Å². The third-order valence-corrected chi connectivity index (χ3v) is 5.63. The fourth-order valence-electron chi connectivity index (χ4n) is 2.84. The topological polar surface area (TPSA) is 95.3 Å². The molecule has 2 heterocycles. The lowest BCUT2D eigenvalue weighted by atomic mass is 10.1. The summed E-state index contributed by atoms with van der Waals surface area (Å²) in [6.45, 7) is 0.789. The predicted molar refractivity (Wildman–Crippen MR) is 99.2 cm³/mol. The molecule has 0 bridgehead atoms. The second kappa shape index (κ2) is 7.52. The van der Waals surface area contributed by atoms with Crippen molar-refractivity contribution in [1.29, 1.82) is 0 Å². The molecule has 4 rings (SSSR count). The first-order chi connectivity index (χ1) is 14.2. The smallest absolute Gasteiger partial charge is 0.416 e. The number of halogens is 3. The number of benzene rings is 2. The molecule has 0 aliphatic carbocycles. The normalized spacial score (nSPS) is 14.2. The number of ether oxygens (including phenoxy) is 2. The minimum absolute atomic E-state index is 0.0819. The number of sulfonamides is 1. The van der Waals surface area contributed by atoms with E-state index in [-0.39, 0.29) is 22.0 Å². The molecule has 0 saturated carbocycles. The van der Waals surface area contributed by atoms with Gasteiger partial charge in [-0.1, -0.05) is 0 Å². The SMILES string of the molecule is O=S(=O)(Nc1cc(C(F)(F)F)ccc1-n1cncn1)c1ccc2c(c1)OCCCO2. The van der Waals surface area contributed by atoms with Gasteiger partial charge in [0.15, 0.2) is 11.5 Å². The van der Waals surface area contributed by atoms with Crippen LogP contribution in [0.2, 0.25) is 0 Å². The molecule has 0 atom stereocenters. The van der Waals surface area contributed by atoms with E-state index in [9.17, 15) is 21.6 Å². The predicted octanol–water partition coefficient (Wildman–Crippen LogP) is 3.25. The van der Waals surface area contributed by atoms with Gasteiger partial charge in [-0.05, 0) is 30.3 Å². The first kappa shape index (κ1) is 20.0. The van der Waals surface area contributed by atoms with Gasteiger partial charge in [0, 0.05) is 12.5 Å². The molecule has 2 aromatic carbocycles. The van der Waals surface area contributed by atoms with Crippen molar-refractivity contribution in [2.45, 2.75) is 17.5 Å². The summed E-state index contributed by atoms with van der Waals surface area (Å²) >= 11 is 0. The highest BCUT2D eigenvalue weighted by Gasteiger charge is 2.32. The molecule has 1 aromatic heterocycles. The molecule has 158 valence electrons. The van der Waals surface area contributed by atoms with Gasteiger partial charge in [-0.2, -0.15) is 18.3 Å². The fraction of sp³-hybridized carbons (Fsp3) is 0.222. The molecule has 0 saturated heterocycles. The van der Waals surface area contributed by atoms with E-state index < -0.39 is 21.8 Å². The highest BCUT2D eigenvalue weighted by Crippen LogP contribution is 2.35. The maximum absolute atomic E-state index is 13.2. The van der Waals surface area contributed by atoms with Gasteiger partial charge in [0.25, 0.3) is 10.0 Å². The molecular weight excluding hydrogens is 425 g/mol. The van der Waals surface area contributed by atoms with Gasteiger partial charge in [-0.15, -0.1) is 0 Å². The summed E-state index contributed by atoms with van der Waals surface area (Å²) in [6.07, 6.45) is -1.59. The minimum atomic E-state index is -4.66. The van der Waals surface area contributed by atoms with E-state index in [2.05, 4.69) is 14.8 Å². The number of hydrogen-bond acceptors (Lipinski definition) is 6. The molecule has 1 N–H and O–H groups in total. The number of aromatic nitrogens is 3. The Labute approximate surface area is 169 Å². The first-order valence-electron chi connectivity index (χ1n) is 8.73. The summed E-state index contributed by atoms with van der Waals surface area (Å²) in [6, 6.07) is 6.66. The minimum Gasteiger partial charge on any atom is -0.490 e. The van der Waals surface area contributed by atoms with E-state index in [1.54, 1.807) is 0 Å². The van der Waals surface area contributed by atoms with Crippen molar-refractivity contribution >= 4 is 15.7 Å². The lowest BCUT2D eigenvalue weighted by Gasteiger charge is -2.16. The summed E-state index contributed by atoms with van der Waals surface area (Å²) in [5, 5.41) is 3.86. The highest BCUT2D eigenvalue weighted by atomic mass is 32.2. The zero-order valence-electron chi connectivity index (χ0n) is 15.3. The fourth-order valence-corrected chi connectivity index (χ4v) is 3.92. The van der Waals surface area contributed by atoms with Crippen LogP contribution in [0, 0.1) is 0 Å². The molecule has 3 aromatic rings. The number of anilines is 1. The van der Waals surface area contributed by atoms with Crippen molar-refractivity contribution < 1.29 is 31.1 Å². The highest BCUT2D eigenvalue weighted by molar-refractivity contribution is 7.92. The van der Waals surface area contributed by atoms with Crippen molar-refractivity contribution in [1.82, 2.24) is 14.8 Å². The Morgan fingerprint density at radius 1 is 1.03 bits per heavy atom. The Hall–Kier alpha value is -3.28. The Morgan fingerprint density at radius 3 is 2.50 bits per heavy atom. The Kier molecular flexibility index (Phi) is 5.02. The molecular formula is C18H15F3N4O4S. The maximum Gasteiger partial charge on any atom is 0.416 e. The van der Waals surface area contributed by atoms with E-state index in [0.717, 1.165) is 16.8 Å². The van der Waals surface area contributed by atoms with Crippen molar-refractivity contribution in [3.63, 3.8) is 0 Å². The number of fused-ring (bicyclic) bond motifs is 1. The first-order valence-corrected chi connectivity index (χ1v) is 10.2. The zero-order chi connectivity index (χ0) is 21.4. The van der Waals surface area contributed by atoms with Crippen LogP contribution >= 0.6 is 0 Å². The second-order valence-corrected chi connectivity index (χ2v) is 8.02. The van der Waals surface area contributed by atoms with Crippen molar-refractivity contribution in [3.8, 4) is 17.2 Å². The third-order valence-electron chi connectivity index (χ3n) is 4.26. The van der Waals surface area contributed by atoms with Crippen LogP contribution in [0.1, 0.15) is 12.0 Å². The number of nitrogens with one attached hydrogen (secondary N) is 1. The molecule has 1 aliphatic heterocycles. The summed E-state index contributed by atoms with van der Waals surface area (Å²) in [5.41, 5.74) is -1.23. The molecule has 8 nitrogen and oxygen atoms in total. The van der Waals surface area contributed by atoms with Crippen molar-refractivity contribution in [2.75, 3.05) is 17.9 Å². The molecule has 30 heavy (non-hydrogen) atoms. The average molecular weight is 440 g/mol. The third kappa shape index (κ3) is 4.03.